The van der Waals surface area contributed by atoms with Crippen LogP contribution in [0.2, 0.25) is 0 Å². The molecule has 4 heteroatoms. The number of halogens is 1. The average molecular weight is 288 g/mol. The summed E-state index contributed by atoms with van der Waals surface area (Å²) in [6, 6.07) is 7.17. The molecule has 1 atom stereocenters. The molecule has 1 heterocycles. The first-order valence-electron chi connectivity index (χ1n) is 7.22. The predicted molar refractivity (Wildman–Crippen MR) is 82.1 cm³/mol. The summed E-state index contributed by atoms with van der Waals surface area (Å²) in [5, 5.41) is 3.37. The van der Waals surface area contributed by atoms with Gasteiger partial charge < -0.3 is 10.1 Å². The lowest BCUT2D eigenvalue weighted by molar-refractivity contribution is 0.338. The molecule has 0 saturated heterocycles. The number of benzene rings is 1. The van der Waals surface area contributed by atoms with E-state index in [0.717, 1.165) is 23.4 Å². The van der Waals surface area contributed by atoms with Crippen LogP contribution in [0.5, 0.6) is 5.75 Å². The zero-order chi connectivity index (χ0) is 15.2. The molecule has 1 N–H and O–H groups in total. The molecule has 21 heavy (non-hydrogen) atoms. The Balaban J connectivity index is 2.37. The van der Waals surface area contributed by atoms with E-state index in [2.05, 4.69) is 10.3 Å². The summed E-state index contributed by atoms with van der Waals surface area (Å²) in [4.78, 5) is 4.21. The van der Waals surface area contributed by atoms with Crippen LogP contribution in [0, 0.1) is 12.7 Å². The van der Waals surface area contributed by atoms with Crippen molar-refractivity contribution in [2.75, 3.05) is 13.2 Å². The third-order valence-corrected chi connectivity index (χ3v) is 3.32. The van der Waals surface area contributed by atoms with Gasteiger partial charge in [0.1, 0.15) is 11.6 Å². The highest BCUT2D eigenvalue weighted by Gasteiger charge is 2.15. The van der Waals surface area contributed by atoms with E-state index in [1.54, 1.807) is 31.5 Å². The Morgan fingerprint density at radius 1 is 1.19 bits per heavy atom. The number of rotatable bonds is 6. The van der Waals surface area contributed by atoms with Crippen LogP contribution in [-0.2, 0) is 0 Å². The average Bonchev–Trinajstić information content (AvgIpc) is 2.48. The number of ether oxygens (including phenoxy) is 1. The quantitative estimate of drug-likeness (QED) is 0.881. The van der Waals surface area contributed by atoms with Crippen molar-refractivity contribution in [3.63, 3.8) is 0 Å². The summed E-state index contributed by atoms with van der Waals surface area (Å²) in [6.07, 6.45) is 3.47. The fourth-order valence-electron chi connectivity index (χ4n) is 2.26. The highest BCUT2D eigenvalue weighted by atomic mass is 19.1. The molecule has 3 nitrogen and oxygen atoms in total. The normalized spacial score (nSPS) is 12.2. The molecule has 0 bridgehead atoms. The van der Waals surface area contributed by atoms with Crippen LogP contribution < -0.4 is 10.1 Å². The largest absolute Gasteiger partial charge is 0.492 e. The van der Waals surface area contributed by atoms with Crippen LogP contribution in [0.3, 0.4) is 0 Å². The van der Waals surface area contributed by atoms with Gasteiger partial charge in [-0.15, -0.1) is 0 Å². The van der Waals surface area contributed by atoms with Gasteiger partial charge in [-0.1, -0.05) is 19.1 Å². The monoisotopic (exact) mass is 288 g/mol. The molecule has 2 aromatic rings. The Bertz CT molecular complexity index is 601. The van der Waals surface area contributed by atoms with Gasteiger partial charge in [0.25, 0.3) is 0 Å². The fourth-order valence-corrected chi connectivity index (χ4v) is 2.26. The first-order chi connectivity index (χ1) is 10.2. The second kappa shape index (κ2) is 7.18. The van der Waals surface area contributed by atoms with Crippen LogP contribution in [0.25, 0.3) is 0 Å². The Kier molecular flexibility index (Phi) is 5.28. The van der Waals surface area contributed by atoms with Crippen LogP contribution in [0.1, 0.15) is 36.6 Å². The second-order valence-corrected chi connectivity index (χ2v) is 4.89. The first-order valence-corrected chi connectivity index (χ1v) is 7.22. The predicted octanol–water partition coefficient (Wildman–Crippen LogP) is 3.63. The van der Waals surface area contributed by atoms with Gasteiger partial charge in [0.15, 0.2) is 0 Å². The zero-order valence-corrected chi connectivity index (χ0v) is 12.7. The lowest BCUT2D eigenvalue weighted by Gasteiger charge is -2.19. The van der Waals surface area contributed by atoms with E-state index in [1.165, 1.54) is 0 Å². The minimum atomic E-state index is -0.190. The number of pyridine rings is 1. The van der Waals surface area contributed by atoms with E-state index in [1.807, 2.05) is 26.0 Å². The molecule has 0 fully saturated rings. The maximum Gasteiger partial charge on any atom is 0.137 e. The van der Waals surface area contributed by atoms with E-state index in [9.17, 15) is 4.39 Å². The van der Waals surface area contributed by atoms with Gasteiger partial charge in [-0.05, 0) is 49.2 Å². The van der Waals surface area contributed by atoms with Crippen LogP contribution in [0.15, 0.2) is 36.7 Å². The van der Waals surface area contributed by atoms with E-state index >= 15 is 0 Å². The van der Waals surface area contributed by atoms with Crippen molar-refractivity contribution in [2.45, 2.75) is 26.8 Å². The van der Waals surface area contributed by atoms with Crippen molar-refractivity contribution in [1.29, 1.82) is 0 Å². The van der Waals surface area contributed by atoms with E-state index < -0.39 is 0 Å². The van der Waals surface area contributed by atoms with Crippen molar-refractivity contribution in [1.82, 2.24) is 10.3 Å². The lowest BCUT2D eigenvalue weighted by Crippen LogP contribution is -2.22. The molecular formula is C17H21FN2O. The minimum absolute atomic E-state index is 0.0991. The molecule has 0 spiro atoms. The summed E-state index contributed by atoms with van der Waals surface area (Å²) in [5.74, 6) is 0.537. The first kappa shape index (κ1) is 15.4. The minimum Gasteiger partial charge on any atom is -0.492 e. The molecule has 0 aliphatic rings. The third kappa shape index (κ3) is 3.79. The van der Waals surface area contributed by atoms with E-state index in [-0.39, 0.29) is 11.9 Å². The summed E-state index contributed by atoms with van der Waals surface area (Å²) in [6.45, 7) is 7.09. The topological polar surface area (TPSA) is 34.2 Å². The van der Waals surface area contributed by atoms with Gasteiger partial charge in [-0.2, -0.15) is 0 Å². The van der Waals surface area contributed by atoms with Crippen molar-refractivity contribution in [3.8, 4) is 5.75 Å². The van der Waals surface area contributed by atoms with E-state index in [4.69, 9.17) is 4.74 Å². The molecule has 0 radical (unpaired) electrons. The molecule has 1 aromatic carbocycles. The van der Waals surface area contributed by atoms with Crippen molar-refractivity contribution in [3.05, 3.63) is 59.2 Å². The van der Waals surface area contributed by atoms with Gasteiger partial charge in [0, 0.05) is 6.20 Å². The lowest BCUT2D eigenvalue weighted by atomic mass is 9.98. The summed E-state index contributed by atoms with van der Waals surface area (Å²) >= 11 is 0. The Labute approximate surface area is 125 Å². The summed E-state index contributed by atoms with van der Waals surface area (Å²) in [5.41, 5.74) is 2.50. The molecule has 1 unspecified atom stereocenters. The highest BCUT2D eigenvalue weighted by molar-refractivity contribution is 5.35. The molecule has 0 saturated carbocycles. The summed E-state index contributed by atoms with van der Waals surface area (Å²) < 4.78 is 19.3. The van der Waals surface area contributed by atoms with Gasteiger partial charge in [-0.3, -0.25) is 4.98 Å². The van der Waals surface area contributed by atoms with Crippen LogP contribution in [0.4, 0.5) is 4.39 Å². The molecule has 0 aliphatic carbocycles. The summed E-state index contributed by atoms with van der Waals surface area (Å²) in [7, 11) is 0. The number of aromatic nitrogens is 1. The molecule has 2 rings (SSSR count). The van der Waals surface area contributed by atoms with Crippen LogP contribution >= 0.6 is 0 Å². The highest BCUT2D eigenvalue weighted by Crippen LogP contribution is 2.25. The van der Waals surface area contributed by atoms with Crippen molar-refractivity contribution >= 4 is 0 Å². The van der Waals surface area contributed by atoms with Gasteiger partial charge >= 0.3 is 0 Å². The Hall–Kier alpha value is -1.94. The molecule has 1 aromatic heterocycles. The maximum atomic E-state index is 13.8. The molecular weight excluding hydrogens is 267 g/mol. The molecule has 112 valence electrons. The number of nitrogens with one attached hydrogen (secondary N) is 1. The van der Waals surface area contributed by atoms with Crippen molar-refractivity contribution < 1.29 is 9.13 Å². The van der Waals surface area contributed by atoms with E-state index in [0.29, 0.717) is 12.2 Å². The number of hydrogen-bond acceptors (Lipinski definition) is 3. The number of nitrogens with zero attached hydrogens (tertiary/aromatic N) is 1. The molecule has 0 aliphatic heterocycles. The maximum absolute atomic E-state index is 13.8. The molecule has 0 amide bonds. The van der Waals surface area contributed by atoms with Gasteiger partial charge in [-0.25, -0.2) is 4.39 Å². The van der Waals surface area contributed by atoms with Crippen LogP contribution in [-0.4, -0.2) is 18.1 Å². The Morgan fingerprint density at radius 2 is 2.00 bits per heavy atom. The zero-order valence-electron chi connectivity index (χ0n) is 12.7. The second-order valence-electron chi connectivity index (χ2n) is 4.89. The Morgan fingerprint density at radius 3 is 2.67 bits per heavy atom. The number of hydrogen-bond donors (Lipinski definition) is 1. The smallest absolute Gasteiger partial charge is 0.137 e. The number of aryl methyl sites for hydroxylation is 1. The van der Waals surface area contributed by atoms with Gasteiger partial charge in [0.05, 0.1) is 18.8 Å². The standard InChI is InChI=1S/C17H21FN2O/c1-4-20-17(13-7-6-12(3)16(18)9-13)14-8-15(21-5-2)11-19-10-14/h6-11,17,20H,4-5H2,1-3H3. The van der Waals surface area contributed by atoms with Crippen molar-refractivity contribution in [2.24, 2.45) is 0 Å². The fraction of sp³-hybridized carbons (Fsp3) is 0.353. The van der Waals surface area contributed by atoms with Gasteiger partial charge in [0.2, 0.25) is 0 Å². The third-order valence-electron chi connectivity index (χ3n) is 3.32. The SMILES string of the molecule is CCNC(c1cncc(OCC)c1)c1ccc(C)c(F)c1.